The number of benzene rings is 2. The molecular formula is C19H22FNOS. The molecule has 1 aliphatic heterocycles. The lowest BCUT2D eigenvalue weighted by Crippen LogP contribution is -2.40. The molecule has 2 aromatic carbocycles. The van der Waals surface area contributed by atoms with Crippen molar-refractivity contribution in [2.45, 2.75) is 29.4 Å². The minimum Gasteiger partial charge on any atom is -0.611 e. The van der Waals surface area contributed by atoms with Gasteiger partial charge in [-0.05, 0) is 47.4 Å². The first-order chi connectivity index (χ1) is 11.2. The Bertz CT molecular complexity index is 597. The maximum Gasteiger partial charge on any atom is 0.152 e. The predicted octanol–water partition coefficient (Wildman–Crippen LogP) is 3.64. The van der Waals surface area contributed by atoms with Gasteiger partial charge in [-0.2, -0.15) is 0 Å². The summed E-state index contributed by atoms with van der Waals surface area (Å²) in [5.74, 6) is -0.182. The van der Waals surface area contributed by atoms with Gasteiger partial charge < -0.3 is 9.45 Å². The van der Waals surface area contributed by atoms with Crippen molar-refractivity contribution in [3.05, 3.63) is 66.0 Å². The van der Waals surface area contributed by atoms with E-state index in [1.165, 1.54) is 17.7 Å². The molecule has 1 atom stereocenters. The lowest BCUT2D eigenvalue weighted by atomic mass is 10.1. The number of halogens is 1. The molecule has 0 amide bonds. The SMILES string of the molecule is [O-][S+](c1ccccc1)C1CCN(CCc2ccc(F)cc2)CC1. The Morgan fingerprint density at radius 3 is 2.30 bits per heavy atom. The molecule has 1 fully saturated rings. The molecular weight excluding hydrogens is 309 g/mol. The Morgan fingerprint density at radius 2 is 1.65 bits per heavy atom. The summed E-state index contributed by atoms with van der Waals surface area (Å²) in [6.07, 6.45) is 2.89. The molecule has 2 aromatic rings. The summed E-state index contributed by atoms with van der Waals surface area (Å²) in [6.45, 7) is 2.96. The Morgan fingerprint density at radius 1 is 1.00 bits per heavy atom. The van der Waals surface area contributed by atoms with Crippen molar-refractivity contribution < 1.29 is 8.94 Å². The molecule has 3 rings (SSSR count). The van der Waals surface area contributed by atoms with Crippen LogP contribution in [0.4, 0.5) is 4.39 Å². The van der Waals surface area contributed by atoms with Crippen LogP contribution >= 0.6 is 0 Å². The van der Waals surface area contributed by atoms with E-state index < -0.39 is 11.2 Å². The van der Waals surface area contributed by atoms with Crippen molar-refractivity contribution >= 4 is 11.2 Å². The van der Waals surface area contributed by atoms with Crippen LogP contribution < -0.4 is 0 Å². The molecule has 0 radical (unpaired) electrons. The molecule has 0 spiro atoms. The summed E-state index contributed by atoms with van der Waals surface area (Å²) < 4.78 is 25.5. The van der Waals surface area contributed by atoms with Crippen LogP contribution in [0.25, 0.3) is 0 Å². The van der Waals surface area contributed by atoms with Gasteiger partial charge in [-0.15, -0.1) is 0 Å². The molecule has 23 heavy (non-hydrogen) atoms. The summed E-state index contributed by atoms with van der Waals surface area (Å²) in [4.78, 5) is 3.36. The number of nitrogens with zero attached hydrogens (tertiary/aromatic N) is 1. The molecule has 4 heteroatoms. The quantitative estimate of drug-likeness (QED) is 0.782. The minimum absolute atomic E-state index is 0.182. The number of hydrogen-bond donors (Lipinski definition) is 0. The Hall–Kier alpha value is -1.36. The van der Waals surface area contributed by atoms with Gasteiger partial charge in [0.1, 0.15) is 11.1 Å². The molecule has 0 N–H and O–H groups in total. The van der Waals surface area contributed by atoms with Crippen molar-refractivity contribution in [3.8, 4) is 0 Å². The van der Waals surface area contributed by atoms with E-state index in [-0.39, 0.29) is 11.1 Å². The van der Waals surface area contributed by atoms with E-state index in [0.717, 1.165) is 43.8 Å². The number of piperidine rings is 1. The molecule has 1 unspecified atom stereocenters. The Balaban J connectivity index is 1.46. The smallest absolute Gasteiger partial charge is 0.152 e. The summed E-state index contributed by atoms with van der Waals surface area (Å²) in [6, 6.07) is 16.5. The summed E-state index contributed by atoms with van der Waals surface area (Å²) in [5, 5.41) is 0.263. The van der Waals surface area contributed by atoms with Gasteiger partial charge in [-0.1, -0.05) is 30.3 Å². The van der Waals surface area contributed by atoms with E-state index in [2.05, 4.69) is 4.90 Å². The van der Waals surface area contributed by atoms with Gasteiger partial charge >= 0.3 is 0 Å². The zero-order valence-corrected chi connectivity index (χ0v) is 14.0. The lowest BCUT2D eigenvalue weighted by molar-refractivity contribution is 0.232. The van der Waals surface area contributed by atoms with E-state index in [1.807, 2.05) is 42.5 Å². The minimum atomic E-state index is -0.896. The van der Waals surface area contributed by atoms with Crippen LogP contribution in [0.15, 0.2) is 59.5 Å². The molecule has 0 aliphatic carbocycles. The van der Waals surface area contributed by atoms with Gasteiger partial charge in [-0.25, -0.2) is 4.39 Å². The maximum absolute atomic E-state index is 12.9. The zero-order chi connectivity index (χ0) is 16.1. The number of rotatable bonds is 5. The van der Waals surface area contributed by atoms with Crippen molar-refractivity contribution in [2.24, 2.45) is 0 Å². The second-order valence-corrected chi connectivity index (χ2v) is 7.76. The molecule has 1 saturated heterocycles. The average molecular weight is 331 g/mol. The van der Waals surface area contributed by atoms with E-state index in [1.54, 1.807) is 0 Å². The van der Waals surface area contributed by atoms with Crippen LogP contribution in [0.3, 0.4) is 0 Å². The van der Waals surface area contributed by atoms with Crippen LogP contribution in [-0.4, -0.2) is 34.3 Å². The molecule has 0 aromatic heterocycles. The van der Waals surface area contributed by atoms with E-state index in [9.17, 15) is 8.94 Å². The molecule has 122 valence electrons. The molecule has 1 heterocycles. The van der Waals surface area contributed by atoms with Crippen molar-refractivity contribution in [3.63, 3.8) is 0 Å². The third kappa shape index (κ3) is 4.56. The zero-order valence-electron chi connectivity index (χ0n) is 13.2. The van der Waals surface area contributed by atoms with Crippen molar-refractivity contribution in [1.82, 2.24) is 4.90 Å². The normalized spacial score (nSPS) is 18.0. The van der Waals surface area contributed by atoms with Crippen LogP contribution in [0.5, 0.6) is 0 Å². The third-order valence-electron chi connectivity index (χ3n) is 4.44. The van der Waals surface area contributed by atoms with Gasteiger partial charge in [0, 0.05) is 32.5 Å². The van der Waals surface area contributed by atoms with Gasteiger partial charge in [0.15, 0.2) is 4.90 Å². The summed E-state index contributed by atoms with van der Waals surface area (Å²) in [7, 11) is 0. The van der Waals surface area contributed by atoms with Crippen LogP contribution in [0, 0.1) is 5.82 Å². The van der Waals surface area contributed by atoms with Crippen LogP contribution in [-0.2, 0) is 17.6 Å². The van der Waals surface area contributed by atoms with E-state index >= 15 is 0 Å². The van der Waals surface area contributed by atoms with Crippen LogP contribution in [0.2, 0.25) is 0 Å². The maximum atomic E-state index is 12.9. The third-order valence-corrected chi connectivity index (χ3v) is 6.26. The molecule has 0 bridgehead atoms. The second-order valence-electron chi connectivity index (χ2n) is 6.03. The van der Waals surface area contributed by atoms with Gasteiger partial charge in [0.2, 0.25) is 0 Å². The highest BCUT2D eigenvalue weighted by atomic mass is 32.2. The number of likely N-dealkylation sites (tertiary alicyclic amines) is 1. The predicted molar refractivity (Wildman–Crippen MR) is 92.4 cm³/mol. The number of hydrogen-bond acceptors (Lipinski definition) is 2. The fraction of sp³-hybridized carbons (Fsp3) is 0.368. The summed E-state index contributed by atoms with van der Waals surface area (Å²) >= 11 is -0.896. The highest BCUT2D eigenvalue weighted by molar-refractivity contribution is 7.92. The first-order valence-corrected chi connectivity index (χ1v) is 9.36. The van der Waals surface area contributed by atoms with Gasteiger partial charge in [0.05, 0.1) is 0 Å². The molecule has 1 aliphatic rings. The fourth-order valence-electron chi connectivity index (χ4n) is 3.03. The Kier molecular flexibility index (Phi) is 5.70. The van der Waals surface area contributed by atoms with E-state index in [0.29, 0.717) is 0 Å². The summed E-state index contributed by atoms with van der Waals surface area (Å²) in [5.41, 5.74) is 1.17. The first kappa shape index (κ1) is 16.5. The largest absolute Gasteiger partial charge is 0.611 e. The average Bonchev–Trinajstić information content (AvgIpc) is 2.62. The van der Waals surface area contributed by atoms with Crippen LogP contribution in [0.1, 0.15) is 18.4 Å². The topological polar surface area (TPSA) is 26.3 Å². The standard InChI is InChI=1S/C19H22FNOS/c20-17-8-6-16(7-9-17)10-13-21-14-11-19(12-15-21)23(22)18-4-2-1-3-5-18/h1-9,19H,10-15H2. The fourth-order valence-corrected chi connectivity index (χ4v) is 4.48. The highest BCUT2D eigenvalue weighted by Crippen LogP contribution is 2.24. The van der Waals surface area contributed by atoms with Crippen molar-refractivity contribution in [2.75, 3.05) is 19.6 Å². The lowest BCUT2D eigenvalue weighted by Gasteiger charge is -2.32. The van der Waals surface area contributed by atoms with E-state index in [4.69, 9.17) is 0 Å². The monoisotopic (exact) mass is 331 g/mol. The Labute approximate surface area is 140 Å². The second kappa shape index (κ2) is 7.95. The van der Waals surface area contributed by atoms with Crippen molar-refractivity contribution in [1.29, 1.82) is 0 Å². The van der Waals surface area contributed by atoms with Gasteiger partial charge in [0.25, 0.3) is 0 Å². The first-order valence-electron chi connectivity index (χ1n) is 8.15. The highest BCUT2D eigenvalue weighted by Gasteiger charge is 2.29. The van der Waals surface area contributed by atoms with Gasteiger partial charge in [-0.3, -0.25) is 0 Å². The molecule has 2 nitrogen and oxygen atoms in total. The molecule has 0 saturated carbocycles.